The maximum absolute atomic E-state index is 12.3. The first-order chi connectivity index (χ1) is 13.0. The van der Waals surface area contributed by atoms with E-state index in [2.05, 4.69) is 9.97 Å². The van der Waals surface area contributed by atoms with E-state index < -0.39 is 10.5 Å². The monoisotopic (exact) mass is 359 g/mol. The topological polar surface area (TPSA) is 109 Å². The number of nitro groups is 1. The smallest absolute Gasteiger partial charge is 0.274 e. The van der Waals surface area contributed by atoms with Gasteiger partial charge in [-0.25, -0.2) is 4.98 Å². The van der Waals surface area contributed by atoms with E-state index in [1.165, 1.54) is 24.3 Å². The zero-order valence-corrected chi connectivity index (χ0v) is 13.9. The Morgan fingerprint density at radius 3 is 2.70 bits per heavy atom. The molecule has 0 aliphatic heterocycles. The number of aromatic nitrogens is 2. The van der Waals surface area contributed by atoms with Crippen molar-refractivity contribution in [2.45, 2.75) is 0 Å². The highest BCUT2D eigenvalue weighted by molar-refractivity contribution is 5.95. The Kier molecular flexibility index (Phi) is 3.89. The number of nitrogens with one attached hydrogen (secondary N) is 1. The molecule has 0 atom stereocenters. The molecule has 0 radical (unpaired) electrons. The first-order valence-corrected chi connectivity index (χ1v) is 8.10. The summed E-state index contributed by atoms with van der Waals surface area (Å²) in [6.07, 6.45) is 1.29. The number of aliphatic hydroxyl groups excluding tert-OH is 1. The quantitative estimate of drug-likeness (QED) is 0.326. The number of hydrogen-bond donors (Lipinski definition) is 2. The van der Waals surface area contributed by atoms with Crippen molar-refractivity contribution in [3.05, 3.63) is 92.4 Å². The first-order valence-electron chi connectivity index (χ1n) is 8.10. The molecular formula is C20H13N3O4. The van der Waals surface area contributed by atoms with Crippen LogP contribution in [0, 0.1) is 10.1 Å². The van der Waals surface area contributed by atoms with Gasteiger partial charge in [-0.1, -0.05) is 42.5 Å². The molecule has 4 aromatic rings. The van der Waals surface area contributed by atoms with Crippen LogP contribution >= 0.6 is 0 Å². The average molecular weight is 359 g/mol. The summed E-state index contributed by atoms with van der Waals surface area (Å²) in [6, 6.07) is 17.1. The van der Waals surface area contributed by atoms with Crippen molar-refractivity contribution in [2.24, 2.45) is 0 Å². The summed E-state index contributed by atoms with van der Waals surface area (Å²) in [7, 11) is 0. The Hall–Kier alpha value is -4.00. The Labute approximate surface area is 152 Å². The van der Waals surface area contributed by atoms with Gasteiger partial charge in [0.25, 0.3) is 11.2 Å². The predicted molar refractivity (Wildman–Crippen MR) is 103 cm³/mol. The van der Waals surface area contributed by atoms with E-state index in [4.69, 9.17) is 0 Å². The molecule has 0 aliphatic rings. The zero-order chi connectivity index (χ0) is 19.0. The van der Waals surface area contributed by atoms with Gasteiger partial charge >= 0.3 is 0 Å². The molecule has 0 unspecified atom stereocenters. The molecule has 0 saturated heterocycles. The molecule has 0 saturated carbocycles. The summed E-state index contributed by atoms with van der Waals surface area (Å²) in [6.45, 7) is 0. The molecule has 7 heteroatoms. The largest absolute Gasteiger partial charge is 0.507 e. The lowest BCUT2D eigenvalue weighted by Gasteiger charge is -2.06. The Bertz CT molecular complexity index is 1290. The SMILES string of the molecule is O=c1[nH]c2cc([N+](=O)[O-])ccc2nc1/C=C(\O)c1cccc2ccccc12. The maximum Gasteiger partial charge on any atom is 0.274 e. The third-order valence-electron chi connectivity index (χ3n) is 4.25. The minimum atomic E-state index is -0.546. The van der Waals surface area contributed by atoms with Crippen molar-refractivity contribution in [3.8, 4) is 0 Å². The molecule has 3 aromatic carbocycles. The highest BCUT2D eigenvalue weighted by Crippen LogP contribution is 2.25. The standard InChI is InChI=1S/C20H13N3O4/c24-19(15-7-3-5-12-4-1-2-6-14(12)15)11-18-20(25)22-17-10-13(23(26)27)8-9-16(17)21-18/h1-11,24H,(H,22,25)/b19-11-. The third kappa shape index (κ3) is 3.02. The third-order valence-corrected chi connectivity index (χ3v) is 4.25. The second kappa shape index (κ2) is 6.38. The summed E-state index contributed by atoms with van der Waals surface area (Å²) < 4.78 is 0. The number of fused-ring (bicyclic) bond motifs is 2. The van der Waals surface area contributed by atoms with Gasteiger partial charge in [-0.05, 0) is 16.8 Å². The summed E-state index contributed by atoms with van der Waals surface area (Å²) in [4.78, 5) is 29.4. The molecule has 2 N–H and O–H groups in total. The van der Waals surface area contributed by atoms with E-state index in [1.54, 1.807) is 6.07 Å². The second-order valence-corrected chi connectivity index (χ2v) is 5.97. The van der Waals surface area contributed by atoms with Gasteiger partial charge in [0.05, 0.1) is 16.0 Å². The Morgan fingerprint density at radius 2 is 1.89 bits per heavy atom. The number of nitrogens with zero attached hydrogens (tertiary/aromatic N) is 2. The van der Waals surface area contributed by atoms with Gasteiger partial charge in [-0.3, -0.25) is 14.9 Å². The van der Waals surface area contributed by atoms with E-state index in [-0.39, 0.29) is 22.7 Å². The van der Waals surface area contributed by atoms with E-state index in [0.717, 1.165) is 10.8 Å². The maximum atomic E-state index is 12.3. The molecule has 0 aliphatic carbocycles. The van der Waals surface area contributed by atoms with Crippen molar-refractivity contribution in [1.29, 1.82) is 0 Å². The van der Waals surface area contributed by atoms with E-state index in [1.807, 2.05) is 36.4 Å². The van der Waals surface area contributed by atoms with Crippen molar-refractivity contribution in [1.82, 2.24) is 9.97 Å². The minimum absolute atomic E-state index is 0.0155. The summed E-state index contributed by atoms with van der Waals surface area (Å²) in [5.41, 5.74) is 0.560. The molecule has 1 heterocycles. The van der Waals surface area contributed by atoms with E-state index in [0.29, 0.717) is 11.1 Å². The first kappa shape index (κ1) is 16.5. The molecule has 0 bridgehead atoms. The fourth-order valence-corrected chi connectivity index (χ4v) is 2.96. The van der Waals surface area contributed by atoms with Crippen LogP contribution in [0.4, 0.5) is 5.69 Å². The van der Waals surface area contributed by atoms with Crippen LogP contribution in [0.5, 0.6) is 0 Å². The zero-order valence-electron chi connectivity index (χ0n) is 13.9. The number of aromatic amines is 1. The average Bonchev–Trinajstić information content (AvgIpc) is 2.67. The van der Waals surface area contributed by atoms with Crippen LogP contribution in [0.15, 0.2) is 65.5 Å². The van der Waals surface area contributed by atoms with Gasteiger partial charge in [0.1, 0.15) is 11.5 Å². The lowest BCUT2D eigenvalue weighted by Crippen LogP contribution is -2.12. The summed E-state index contributed by atoms with van der Waals surface area (Å²) >= 11 is 0. The normalized spacial score (nSPS) is 11.8. The van der Waals surface area contributed by atoms with Crippen molar-refractivity contribution >= 4 is 39.3 Å². The Balaban J connectivity index is 1.84. The molecule has 0 spiro atoms. The van der Waals surface area contributed by atoms with E-state index >= 15 is 0 Å². The van der Waals surface area contributed by atoms with Crippen LogP contribution in [0.3, 0.4) is 0 Å². The number of non-ortho nitro benzene ring substituents is 1. The fraction of sp³-hybridized carbons (Fsp3) is 0. The number of H-pyrrole nitrogens is 1. The minimum Gasteiger partial charge on any atom is -0.507 e. The highest BCUT2D eigenvalue weighted by Gasteiger charge is 2.11. The number of hydrogen-bond acceptors (Lipinski definition) is 5. The van der Waals surface area contributed by atoms with Crippen LogP contribution in [0.2, 0.25) is 0 Å². The molecule has 132 valence electrons. The molecule has 7 nitrogen and oxygen atoms in total. The second-order valence-electron chi connectivity index (χ2n) is 5.97. The van der Waals surface area contributed by atoms with Crippen LogP contribution in [0.25, 0.3) is 33.6 Å². The van der Waals surface area contributed by atoms with Crippen LogP contribution in [0.1, 0.15) is 11.3 Å². The van der Waals surface area contributed by atoms with E-state index in [9.17, 15) is 20.0 Å². The molecular weight excluding hydrogens is 346 g/mol. The van der Waals surface area contributed by atoms with Crippen molar-refractivity contribution < 1.29 is 10.0 Å². The van der Waals surface area contributed by atoms with Gasteiger partial charge in [-0.2, -0.15) is 0 Å². The fourth-order valence-electron chi connectivity index (χ4n) is 2.96. The number of rotatable bonds is 3. The number of aliphatic hydroxyl groups is 1. The van der Waals surface area contributed by atoms with Gasteiger partial charge in [0, 0.05) is 23.8 Å². The van der Waals surface area contributed by atoms with Crippen LogP contribution in [-0.2, 0) is 0 Å². The van der Waals surface area contributed by atoms with Crippen molar-refractivity contribution in [2.75, 3.05) is 0 Å². The van der Waals surface area contributed by atoms with Gasteiger partial charge in [0.2, 0.25) is 0 Å². The summed E-state index contributed by atoms with van der Waals surface area (Å²) in [5.74, 6) is -0.0916. The lowest BCUT2D eigenvalue weighted by atomic mass is 10.0. The van der Waals surface area contributed by atoms with Crippen LogP contribution < -0.4 is 5.56 Å². The number of benzene rings is 3. The summed E-state index contributed by atoms with van der Waals surface area (Å²) in [5, 5.41) is 23.2. The van der Waals surface area contributed by atoms with Gasteiger partial charge in [-0.15, -0.1) is 0 Å². The van der Waals surface area contributed by atoms with Gasteiger partial charge < -0.3 is 10.1 Å². The molecule has 1 aromatic heterocycles. The molecule has 27 heavy (non-hydrogen) atoms. The molecule has 4 rings (SSSR count). The van der Waals surface area contributed by atoms with Gasteiger partial charge in [0.15, 0.2) is 0 Å². The molecule has 0 amide bonds. The lowest BCUT2D eigenvalue weighted by molar-refractivity contribution is -0.384. The molecule has 0 fully saturated rings. The Morgan fingerprint density at radius 1 is 1.11 bits per heavy atom. The highest BCUT2D eigenvalue weighted by atomic mass is 16.6. The van der Waals surface area contributed by atoms with Crippen LogP contribution in [-0.4, -0.2) is 20.0 Å². The number of nitro benzene ring substituents is 1. The predicted octanol–water partition coefficient (Wildman–Crippen LogP) is 4.04. The van der Waals surface area contributed by atoms with Crippen molar-refractivity contribution in [3.63, 3.8) is 0 Å².